The van der Waals surface area contributed by atoms with Crippen LogP contribution in [-0.2, 0) is 0 Å². The van der Waals surface area contributed by atoms with Gasteiger partial charge in [0, 0.05) is 5.57 Å². The maximum Gasteiger partial charge on any atom is 0.362 e. The van der Waals surface area contributed by atoms with E-state index in [2.05, 4.69) is 35.3 Å². The van der Waals surface area contributed by atoms with E-state index < -0.39 is 5.09 Å². The molecular formula is C20H23N5O5. The molecule has 0 spiro atoms. The fourth-order valence-corrected chi connectivity index (χ4v) is 2.74. The zero-order valence-electron chi connectivity index (χ0n) is 16.4. The van der Waals surface area contributed by atoms with Gasteiger partial charge < -0.3 is 24.8 Å². The molecule has 0 bridgehead atoms. The van der Waals surface area contributed by atoms with Gasteiger partial charge in [-0.25, -0.2) is 0 Å². The Balaban J connectivity index is 0.000000735. The molecule has 1 aliphatic heterocycles. The maximum atomic E-state index is 8.25. The summed E-state index contributed by atoms with van der Waals surface area (Å²) in [6.07, 6.45) is 3.81. The molecule has 0 aromatic heterocycles. The smallest absolute Gasteiger partial charge is 0.362 e. The minimum absolute atomic E-state index is 0.0640. The molecule has 0 unspecified atom stereocenters. The third-order valence-electron chi connectivity index (χ3n) is 3.91. The van der Waals surface area contributed by atoms with E-state index in [1.165, 1.54) is 0 Å². The van der Waals surface area contributed by atoms with Crippen molar-refractivity contribution in [1.82, 2.24) is 0 Å². The average molecular weight is 413 g/mol. The van der Waals surface area contributed by atoms with E-state index in [4.69, 9.17) is 36.3 Å². The van der Waals surface area contributed by atoms with Crippen LogP contribution in [0.25, 0.3) is 11.6 Å². The zero-order valence-corrected chi connectivity index (χ0v) is 16.4. The van der Waals surface area contributed by atoms with Crippen LogP contribution in [0.2, 0.25) is 0 Å². The Hall–Kier alpha value is -4.08. The first-order valence-corrected chi connectivity index (χ1v) is 9.09. The second-order valence-corrected chi connectivity index (χ2v) is 6.14. The van der Waals surface area contributed by atoms with Crippen molar-refractivity contribution in [3.63, 3.8) is 0 Å². The molecule has 0 saturated carbocycles. The molecule has 0 radical (unpaired) electrons. The first-order chi connectivity index (χ1) is 14.4. The van der Waals surface area contributed by atoms with Crippen molar-refractivity contribution in [2.24, 2.45) is 16.6 Å². The van der Waals surface area contributed by atoms with Crippen LogP contribution in [0.15, 0.2) is 53.6 Å². The molecule has 158 valence electrons. The lowest BCUT2D eigenvalue weighted by Crippen LogP contribution is -2.73. The van der Waals surface area contributed by atoms with E-state index in [1.807, 2.05) is 36.4 Å². The summed E-state index contributed by atoms with van der Waals surface area (Å²) >= 11 is 0. The second kappa shape index (κ2) is 11.1. The number of hydrogen-bond acceptors (Lipinski definition) is 6. The molecule has 10 heteroatoms. The Labute approximate surface area is 173 Å². The lowest BCUT2D eigenvalue weighted by atomic mass is 9.96. The zero-order chi connectivity index (χ0) is 21.9. The number of hydrogen-bond donors (Lipinski definition) is 3. The quantitative estimate of drug-likeness (QED) is 0.211. The van der Waals surface area contributed by atoms with Gasteiger partial charge >= 0.3 is 5.96 Å². The standard InChI is InChI=1S/C20H22N4O2.NO3/c1-2-6-17(23-24-20(21)22)16(15-7-4-3-5-8-15)11-14-9-10-18-19(12-14)26-13-25-18;2-1(3)4/h3-5,7-12H,2,6,13H2,1H3,(H4,21,22,24);/q;-1/p+1/b16-11-,23-17+;. The highest BCUT2D eigenvalue weighted by Crippen LogP contribution is 2.34. The number of nitrogens with zero attached hydrogens (tertiary/aromatic N) is 2. The maximum absolute atomic E-state index is 8.25. The Morgan fingerprint density at radius 1 is 1.17 bits per heavy atom. The molecule has 5 N–H and O–H groups in total. The van der Waals surface area contributed by atoms with Crippen molar-refractivity contribution in [3.05, 3.63) is 75.0 Å². The molecule has 10 nitrogen and oxygen atoms in total. The van der Waals surface area contributed by atoms with Crippen LogP contribution in [0.3, 0.4) is 0 Å². The molecule has 1 heterocycles. The van der Waals surface area contributed by atoms with Crippen molar-refractivity contribution in [2.45, 2.75) is 19.8 Å². The summed E-state index contributed by atoms with van der Waals surface area (Å²) in [7, 11) is 0. The van der Waals surface area contributed by atoms with E-state index >= 15 is 0 Å². The molecular weight excluding hydrogens is 390 g/mol. The van der Waals surface area contributed by atoms with Gasteiger partial charge in [0.05, 0.1) is 10.8 Å². The summed E-state index contributed by atoms with van der Waals surface area (Å²) < 4.78 is 10.9. The van der Waals surface area contributed by atoms with Crippen LogP contribution < -0.4 is 26.0 Å². The van der Waals surface area contributed by atoms with Crippen LogP contribution in [-0.4, -0.2) is 23.6 Å². The predicted molar refractivity (Wildman–Crippen MR) is 114 cm³/mol. The number of nitrogens with one attached hydrogen (secondary N) is 1. The highest BCUT2D eigenvalue weighted by molar-refractivity contribution is 6.27. The molecule has 2 aromatic rings. The minimum Gasteiger partial charge on any atom is -0.454 e. The Kier molecular flexibility index (Phi) is 8.18. The molecule has 0 saturated heterocycles. The third kappa shape index (κ3) is 6.82. The number of ether oxygens (including phenoxy) is 2. The average Bonchev–Trinajstić information content (AvgIpc) is 3.17. The number of nitrogens with two attached hydrogens (primary N) is 2. The second-order valence-electron chi connectivity index (χ2n) is 6.14. The van der Waals surface area contributed by atoms with E-state index in [0.717, 1.165) is 46.8 Å². The summed E-state index contributed by atoms with van der Waals surface area (Å²) in [5.74, 6) is 1.57. The normalized spacial score (nSPS) is 12.6. The topological polar surface area (TPSA) is 163 Å². The van der Waals surface area contributed by atoms with Gasteiger partial charge in [0.15, 0.2) is 11.5 Å². The lowest BCUT2D eigenvalue weighted by Gasteiger charge is -2.10. The first-order valence-electron chi connectivity index (χ1n) is 9.09. The van der Waals surface area contributed by atoms with Gasteiger partial charge in [-0.2, -0.15) is 5.10 Å². The van der Waals surface area contributed by atoms with Gasteiger partial charge in [-0.1, -0.05) is 49.7 Å². The van der Waals surface area contributed by atoms with Gasteiger partial charge in [0.1, 0.15) is 0 Å². The van der Waals surface area contributed by atoms with Crippen LogP contribution >= 0.6 is 0 Å². The molecule has 1 aliphatic rings. The number of benzene rings is 2. The number of fused-ring (bicyclic) bond motifs is 1. The number of guanidine groups is 1. The Bertz CT molecular complexity index is 949. The molecule has 30 heavy (non-hydrogen) atoms. The van der Waals surface area contributed by atoms with Gasteiger partial charge in [0.25, 0.3) is 0 Å². The molecule has 2 aromatic carbocycles. The van der Waals surface area contributed by atoms with Crippen LogP contribution in [0.1, 0.15) is 30.9 Å². The fourth-order valence-electron chi connectivity index (χ4n) is 2.74. The summed E-state index contributed by atoms with van der Waals surface area (Å²) in [5, 5.41) is 21.8. The summed E-state index contributed by atoms with van der Waals surface area (Å²) in [4.78, 5) is 8.25. The predicted octanol–water partition coefficient (Wildman–Crippen LogP) is 1.23. The van der Waals surface area contributed by atoms with Gasteiger partial charge in [-0.3, -0.25) is 11.5 Å². The molecule has 0 amide bonds. The van der Waals surface area contributed by atoms with Crippen molar-refractivity contribution < 1.29 is 19.7 Å². The van der Waals surface area contributed by atoms with Crippen molar-refractivity contribution in [1.29, 1.82) is 0 Å². The lowest BCUT2D eigenvalue weighted by molar-refractivity contribution is -0.464. The molecule has 0 aliphatic carbocycles. The van der Waals surface area contributed by atoms with Crippen LogP contribution in [0.4, 0.5) is 0 Å². The number of rotatable bonds is 6. The first kappa shape index (κ1) is 22.2. The van der Waals surface area contributed by atoms with E-state index in [1.54, 1.807) is 0 Å². The monoisotopic (exact) mass is 413 g/mol. The molecule has 0 fully saturated rings. The number of allylic oxidation sites excluding steroid dienone is 1. The largest absolute Gasteiger partial charge is 0.454 e. The van der Waals surface area contributed by atoms with Gasteiger partial charge in [-0.05, 0) is 35.8 Å². The van der Waals surface area contributed by atoms with Gasteiger partial charge in [-0.15, -0.1) is 5.10 Å². The van der Waals surface area contributed by atoms with Crippen LogP contribution in [0.5, 0.6) is 11.5 Å². The van der Waals surface area contributed by atoms with E-state index in [0.29, 0.717) is 0 Å². The van der Waals surface area contributed by atoms with Crippen molar-refractivity contribution in [3.8, 4) is 11.5 Å². The third-order valence-corrected chi connectivity index (χ3v) is 3.91. The molecule has 0 atom stereocenters. The summed E-state index contributed by atoms with van der Waals surface area (Å²) in [5.41, 5.74) is 15.0. The highest BCUT2D eigenvalue weighted by atomic mass is 16.9. The highest BCUT2D eigenvalue weighted by Gasteiger charge is 2.15. The summed E-state index contributed by atoms with van der Waals surface area (Å²) in [6.45, 7) is 2.36. The Morgan fingerprint density at radius 2 is 1.83 bits per heavy atom. The SMILES string of the molecule is CCCC(=N\[NH+]=C(N)N)/C(=C\c1ccc2c(c1)OCO2)c1ccccc1.O=[N+]([O-])[O-]. The van der Waals surface area contributed by atoms with Crippen LogP contribution in [0, 0.1) is 15.3 Å². The van der Waals surface area contributed by atoms with Crippen molar-refractivity contribution in [2.75, 3.05) is 6.79 Å². The summed E-state index contributed by atoms with van der Waals surface area (Å²) in [6, 6.07) is 16.0. The Morgan fingerprint density at radius 3 is 2.47 bits per heavy atom. The van der Waals surface area contributed by atoms with E-state index in [9.17, 15) is 0 Å². The van der Waals surface area contributed by atoms with Gasteiger partial charge in [0.2, 0.25) is 6.79 Å². The minimum atomic E-state index is -1.75. The van der Waals surface area contributed by atoms with E-state index in [-0.39, 0.29) is 12.8 Å². The van der Waals surface area contributed by atoms with Crippen molar-refractivity contribution >= 4 is 23.3 Å². The molecule has 3 rings (SSSR count). The number of hydrazone groups is 1. The fraction of sp³-hybridized carbons (Fsp3) is 0.200.